The van der Waals surface area contributed by atoms with E-state index in [1.54, 1.807) is 12.0 Å². The summed E-state index contributed by atoms with van der Waals surface area (Å²) in [4.78, 5) is 31.6. The van der Waals surface area contributed by atoms with E-state index in [1.807, 2.05) is 78.6 Å². The molecule has 1 saturated heterocycles. The highest BCUT2D eigenvalue weighted by Gasteiger charge is 2.26. The Balaban J connectivity index is 1.21. The zero-order valence-electron chi connectivity index (χ0n) is 20.1. The lowest BCUT2D eigenvalue weighted by molar-refractivity contribution is -0.121. The van der Waals surface area contributed by atoms with E-state index in [0.29, 0.717) is 25.2 Å². The van der Waals surface area contributed by atoms with Crippen molar-refractivity contribution in [1.82, 2.24) is 4.90 Å². The van der Waals surface area contributed by atoms with Gasteiger partial charge < -0.3 is 24.2 Å². The van der Waals surface area contributed by atoms with Gasteiger partial charge in [0.25, 0.3) is 11.8 Å². The van der Waals surface area contributed by atoms with Gasteiger partial charge >= 0.3 is 0 Å². The minimum atomic E-state index is -0.0713. The summed E-state index contributed by atoms with van der Waals surface area (Å²) in [6, 6.07) is 21.4. The van der Waals surface area contributed by atoms with E-state index in [-0.39, 0.29) is 18.4 Å². The minimum Gasteiger partial charge on any atom is -0.497 e. The largest absolute Gasteiger partial charge is 0.497 e. The molecule has 0 N–H and O–H groups in total. The van der Waals surface area contributed by atoms with Crippen molar-refractivity contribution in [2.45, 2.75) is 13.5 Å². The van der Waals surface area contributed by atoms with E-state index in [0.717, 1.165) is 47.1 Å². The van der Waals surface area contributed by atoms with Gasteiger partial charge in [0, 0.05) is 37.4 Å². The van der Waals surface area contributed by atoms with Gasteiger partial charge in [-0.15, -0.1) is 0 Å². The average Bonchev–Trinajstić information content (AvgIpc) is 2.90. The average molecular weight is 472 g/mol. The lowest BCUT2D eigenvalue weighted by atomic mass is 10.1. The van der Waals surface area contributed by atoms with Crippen molar-refractivity contribution in [3.63, 3.8) is 0 Å². The third-order valence-corrected chi connectivity index (χ3v) is 6.60. The molecule has 7 heteroatoms. The van der Waals surface area contributed by atoms with E-state index < -0.39 is 0 Å². The van der Waals surface area contributed by atoms with Crippen molar-refractivity contribution in [2.75, 3.05) is 49.7 Å². The van der Waals surface area contributed by atoms with Gasteiger partial charge in [0.05, 0.1) is 19.3 Å². The molecule has 2 heterocycles. The van der Waals surface area contributed by atoms with E-state index in [1.165, 1.54) is 0 Å². The monoisotopic (exact) mass is 471 g/mol. The highest BCUT2D eigenvalue weighted by Crippen LogP contribution is 2.34. The maximum atomic E-state index is 13.1. The number of carbonyl (C=O) groups excluding carboxylic acids is 2. The number of aryl methyl sites for hydroxylation is 1. The van der Waals surface area contributed by atoms with Crippen molar-refractivity contribution in [3.8, 4) is 11.5 Å². The molecule has 3 aromatic carbocycles. The second-order valence-electron chi connectivity index (χ2n) is 8.91. The molecule has 3 aromatic rings. The molecule has 0 saturated carbocycles. The SMILES string of the molecule is COc1ccc(N2CCN(C(=O)c3ccc(CN4C(=O)COc5ccc(C)cc54)cc3)CC2)cc1. The number of ether oxygens (including phenoxy) is 2. The van der Waals surface area contributed by atoms with Crippen LogP contribution in [0.4, 0.5) is 11.4 Å². The predicted octanol–water partition coefficient (Wildman–Crippen LogP) is 3.89. The molecule has 0 spiro atoms. The Bertz CT molecular complexity index is 1220. The van der Waals surface area contributed by atoms with E-state index >= 15 is 0 Å². The number of piperazine rings is 1. The van der Waals surface area contributed by atoms with Gasteiger partial charge in [-0.05, 0) is 66.6 Å². The first kappa shape index (κ1) is 22.8. The zero-order chi connectivity index (χ0) is 24.4. The van der Waals surface area contributed by atoms with Gasteiger partial charge in [-0.3, -0.25) is 9.59 Å². The Morgan fingerprint density at radius 3 is 2.34 bits per heavy atom. The van der Waals surface area contributed by atoms with Crippen LogP contribution < -0.4 is 19.3 Å². The fourth-order valence-corrected chi connectivity index (χ4v) is 4.56. The molecule has 7 nitrogen and oxygen atoms in total. The first-order valence-electron chi connectivity index (χ1n) is 11.8. The number of benzene rings is 3. The molecular weight excluding hydrogens is 442 g/mol. The molecule has 0 aliphatic carbocycles. The smallest absolute Gasteiger partial charge is 0.265 e. The molecule has 2 amide bonds. The standard InChI is InChI=1S/C28H29N3O4/c1-20-3-12-26-25(17-20)31(27(32)19-35-26)18-21-4-6-22(7-5-21)28(33)30-15-13-29(14-16-30)23-8-10-24(34-2)11-9-23/h3-12,17H,13-16,18-19H2,1-2H3. The molecule has 35 heavy (non-hydrogen) atoms. The van der Waals surface area contributed by atoms with Crippen LogP contribution in [-0.2, 0) is 11.3 Å². The molecule has 180 valence electrons. The third-order valence-electron chi connectivity index (χ3n) is 6.60. The Labute approximate surface area is 205 Å². The zero-order valence-corrected chi connectivity index (χ0v) is 20.1. The lowest BCUT2D eigenvalue weighted by Crippen LogP contribution is -2.48. The Kier molecular flexibility index (Phi) is 6.31. The van der Waals surface area contributed by atoms with Crippen LogP contribution in [0.15, 0.2) is 66.7 Å². The number of methoxy groups -OCH3 is 1. The van der Waals surface area contributed by atoms with Crippen LogP contribution in [0.1, 0.15) is 21.5 Å². The topological polar surface area (TPSA) is 62.3 Å². The van der Waals surface area contributed by atoms with Crippen molar-refractivity contribution in [3.05, 3.63) is 83.4 Å². The molecular formula is C28H29N3O4. The van der Waals surface area contributed by atoms with E-state index in [9.17, 15) is 9.59 Å². The predicted molar refractivity (Wildman–Crippen MR) is 135 cm³/mol. The molecule has 1 fully saturated rings. The van der Waals surface area contributed by atoms with E-state index in [4.69, 9.17) is 9.47 Å². The van der Waals surface area contributed by atoms with Crippen LogP contribution in [0, 0.1) is 6.92 Å². The maximum absolute atomic E-state index is 13.1. The summed E-state index contributed by atoms with van der Waals surface area (Å²) in [5.74, 6) is 1.52. The van der Waals surface area contributed by atoms with Gasteiger partial charge in [0.2, 0.25) is 0 Å². The quantitative estimate of drug-likeness (QED) is 0.565. The Morgan fingerprint density at radius 1 is 0.943 bits per heavy atom. The molecule has 2 aliphatic rings. The fraction of sp³-hybridized carbons (Fsp3) is 0.286. The molecule has 0 atom stereocenters. The Hall–Kier alpha value is -4.00. The number of hydrogen-bond acceptors (Lipinski definition) is 5. The van der Waals surface area contributed by atoms with Gasteiger partial charge in [0.1, 0.15) is 11.5 Å². The van der Waals surface area contributed by atoms with E-state index in [2.05, 4.69) is 4.90 Å². The summed E-state index contributed by atoms with van der Waals surface area (Å²) in [6.07, 6.45) is 0. The van der Waals surface area contributed by atoms with Gasteiger partial charge in [-0.2, -0.15) is 0 Å². The van der Waals surface area contributed by atoms with Crippen LogP contribution in [0.5, 0.6) is 11.5 Å². The number of hydrogen-bond donors (Lipinski definition) is 0. The van der Waals surface area contributed by atoms with Gasteiger partial charge in [-0.25, -0.2) is 0 Å². The van der Waals surface area contributed by atoms with Crippen LogP contribution in [0.2, 0.25) is 0 Å². The van der Waals surface area contributed by atoms with Crippen molar-refractivity contribution in [1.29, 1.82) is 0 Å². The molecule has 0 bridgehead atoms. The highest BCUT2D eigenvalue weighted by atomic mass is 16.5. The number of rotatable bonds is 5. The van der Waals surface area contributed by atoms with Crippen LogP contribution in [0.3, 0.4) is 0 Å². The molecule has 0 radical (unpaired) electrons. The summed E-state index contributed by atoms with van der Waals surface area (Å²) in [5.41, 5.74) is 4.62. The van der Waals surface area contributed by atoms with Gasteiger partial charge in [-0.1, -0.05) is 18.2 Å². The molecule has 0 unspecified atom stereocenters. The summed E-state index contributed by atoms with van der Waals surface area (Å²) < 4.78 is 10.8. The summed E-state index contributed by atoms with van der Waals surface area (Å²) >= 11 is 0. The lowest BCUT2D eigenvalue weighted by Gasteiger charge is -2.36. The Morgan fingerprint density at radius 2 is 1.66 bits per heavy atom. The minimum absolute atomic E-state index is 0.0364. The van der Waals surface area contributed by atoms with Crippen molar-refractivity contribution in [2.24, 2.45) is 0 Å². The first-order valence-corrected chi connectivity index (χ1v) is 11.8. The van der Waals surface area contributed by atoms with Crippen molar-refractivity contribution >= 4 is 23.2 Å². The molecule has 2 aliphatic heterocycles. The first-order chi connectivity index (χ1) is 17.0. The number of carbonyl (C=O) groups is 2. The summed E-state index contributed by atoms with van der Waals surface area (Å²) in [6.45, 7) is 5.38. The number of fused-ring (bicyclic) bond motifs is 1. The summed E-state index contributed by atoms with van der Waals surface area (Å²) in [5, 5.41) is 0. The fourth-order valence-electron chi connectivity index (χ4n) is 4.56. The van der Waals surface area contributed by atoms with Crippen LogP contribution >= 0.6 is 0 Å². The van der Waals surface area contributed by atoms with Crippen LogP contribution in [-0.4, -0.2) is 56.6 Å². The second-order valence-corrected chi connectivity index (χ2v) is 8.91. The highest BCUT2D eigenvalue weighted by molar-refractivity contribution is 5.98. The maximum Gasteiger partial charge on any atom is 0.265 e. The number of anilines is 2. The summed E-state index contributed by atoms with van der Waals surface area (Å²) in [7, 11) is 1.66. The molecule has 5 rings (SSSR count). The second kappa shape index (κ2) is 9.70. The van der Waals surface area contributed by atoms with Crippen molar-refractivity contribution < 1.29 is 19.1 Å². The number of nitrogens with zero attached hydrogens (tertiary/aromatic N) is 3. The molecule has 0 aromatic heterocycles. The number of amides is 2. The third kappa shape index (κ3) is 4.80. The van der Waals surface area contributed by atoms with Crippen LogP contribution in [0.25, 0.3) is 0 Å². The van der Waals surface area contributed by atoms with Gasteiger partial charge in [0.15, 0.2) is 6.61 Å². The normalized spacial score (nSPS) is 15.5.